The number of carbonyl (C=O) groups excluding carboxylic acids is 1. The second kappa shape index (κ2) is 7.73. The monoisotopic (exact) mass is 329 g/mol. The Morgan fingerprint density at radius 3 is 2.50 bits per heavy atom. The van der Waals surface area contributed by atoms with Gasteiger partial charge in [-0.2, -0.15) is 0 Å². The Bertz CT molecular complexity index is 725. The summed E-state index contributed by atoms with van der Waals surface area (Å²) < 4.78 is 10.4. The van der Waals surface area contributed by atoms with Crippen molar-refractivity contribution in [2.75, 3.05) is 19.5 Å². The van der Waals surface area contributed by atoms with Gasteiger partial charge in [-0.15, -0.1) is 0 Å². The lowest BCUT2D eigenvalue weighted by molar-refractivity contribution is 0.102. The number of ether oxygens (including phenoxy) is 2. The Kier molecular flexibility index (Phi) is 5.68. The van der Waals surface area contributed by atoms with Crippen LogP contribution in [0.15, 0.2) is 36.4 Å². The van der Waals surface area contributed by atoms with Gasteiger partial charge in [-0.1, -0.05) is 19.9 Å². The molecule has 5 nitrogen and oxygen atoms in total. The molecular formula is C19H23NO4. The van der Waals surface area contributed by atoms with Gasteiger partial charge in [0.2, 0.25) is 0 Å². The van der Waals surface area contributed by atoms with Crippen LogP contribution in [0.2, 0.25) is 0 Å². The van der Waals surface area contributed by atoms with E-state index in [0.29, 0.717) is 23.1 Å². The Morgan fingerprint density at radius 1 is 1.12 bits per heavy atom. The van der Waals surface area contributed by atoms with Gasteiger partial charge in [-0.25, -0.2) is 0 Å². The minimum Gasteiger partial charge on any atom is -0.507 e. The minimum atomic E-state index is -0.387. The van der Waals surface area contributed by atoms with Crippen LogP contribution in [0.5, 0.6) is 17.2 Å². The molecule has 0 unspecified atom stereocenters. The van der Waals surface area contributed by atoms with E-state index in [1.807, 2.05) is 6.07 Å². The number of amides is 1. The average molecular weight is 329 g/mol. The van der Waals surface area contributed by atoms with E-state index in [0.717, 1.165) is 12.0 Å². The van der Waals surface area contributed by atoms with Crippen LogP contribution in [0.25, 0.3) is 0 Å². The summed E-state index contributed by atoms with van der Waals surface area (Å²) in [5, 5.41) is 12.8. The molecule has 0 aliphatic rings. The summed E-state index contributed by atoms with van der Waals surface area (Å²) in [6, 6.07) is 10.2. The van der Waals surface area contributed by atoms with E-state index < -0.39 is 0 Å². The first-order valence-electron chi connectivity index (χ1n) is 7.80. The van der Waals surface area contributed by atoms with Crippen molar-refractivity contribution < 1.29 is 19.4 Å². The van der Waals surface area contributed by atoms with Gasteiger partial charge < -0.3 is 19.9 Å². The van der Waals surface area contributed by atoms with Crippen molar-refractivity contribution in [3.8, 4) is 17.2 Å². The van der Waals surface area contributed by atoms with Crippen molar-refractivity contribution in [2.24, 2.45) is 5.92 Å². The van der Waals surface area contributed by atoms with Crippen LogP contribution in [0, 0.1) is 5.92 Å². The molecule has 2 rings (SSSR count). The summed E-state index contributed by atoms with van der Waals surface area (Å²) in [7, 11) is 3.08. The number of aromatic hydroxyl groups is 1. The third-order valence-electron chi connectivity index (χ3n) is 3.61. The maximum absolute atomic E-state index is 12.5. The molecule has 0 aliphatic heterocycles. The second-order valence-electron chi connectivity index (χ2n) is 5.97. The number of phenolic OH excluding ortho intramolecular Hbond substituents is 1. The minimum absolute atomic E-state index is 0.0486. The first-order valence-corrected chi connectivity index (χ1v) is 7.80. The maximum atomic E-state index is 12.5. The number of phenols is 1. The number of anilines is 1. The van der Waals surface area contributed by atoms with E-state index in [2.05, 4.69) is 19.2 Å². The first-order chi connectivity index (χ1) is 11.4. The topological polar surface area (TPSA) is 67.8 Å². The summed E-state index contributed by atoms with van der Waals surface area (Å²) in [5.41, 5.74) is 1.76. The first kappa shape index (κ1) is 17.7. The number of nitrogens with one attached hydrogen (secondary N) is 1. The smallest absolute Gasteiger partial charge is 0.259 e. The molecular weight excluding hydrogens is 306 g/mol. The number of rotatable bonds is 6. The van der Waals surface area contributed by atoms with Crippen molar-refractivity contribution in [1.29, 1.82) is 0 Å². The highest BCUT2D eigenvalue weighted by Gasteiger charge is 2.15. The summed E-state index contributed by atoms with van der Waals surface area (Å²) in [6.45, 7) is 4.21. The van der Waals surface area contributed by atoms with Crippen molar-refractivity contribution in [1.82, 2.24) is 0 Å². The third-order valence-corrected chi connectivity index (χ3v) is 3.61. The fraction of sp³-hybridized carbons (Fsp3) is 0.316. The SMILES string of the molecule is COc1ccc(NC(=O)c2cc(CC(C)C)ccc2O)c(OC)c1. The van der Waals surface area contributed by atoms with Crippen molar-refractivity contribution in [2.45, 2.75) is 20.3 Å². The summed E-state index contributed by atoms with van der Waals surface area (Å²) in [4.78, 5) is 12.5. The van der Waals surface area contributed by atoms with E-state index in [4.69, 9.17) is 9.47 Å². The van der Waals surface area contributed by atoms with Gasteiger partial charge in [0.1, 0.15) is 17.2 Å². The molecule has 0 radical (unpaired) electrons. The highest BCUT2D eigenvalue weighted by Crippen LogP contribution is 2.30. The molecule has 0 aromatic heterocycles. The van der Waals surface area contributed by atoms with Gasteiger partial charge in [0.05, 0.1) is 25.5 Å². The van der Waals surface area contributed by atoms with Crippen LogP contribution in [0.3, 0.4) is 0 Å². The molecule has 2 aromatic rings. The van der Waals surface area contributed by atoms with E-state index in [1.165, 1.54) is 7.11 Å². The van der Waals surface area contributed by atoms with E-state index in [9.17, 15) is 9.90 Å². The van der Waals surface area contributed by atoms with E-state index in [-0.39, 0.29) is 17.2 Å². The molecule has 0 aliphatic carbocycles. The maximum Gasteiger partial charge on any atom is 0.259 e. The molecule has 5 heteroatoms. The molecule has 0 saturated carbocycles. The molecule has 0 heterocycles. The molecule has 0 atom stereocenters. The highest BCUT2D eigenvalue weighted by molar-refractivity contribution is 6.07. The van der Waals surface area contributed by atoms with E-state index in [1.54, 1.807) is 37.4 Å². The molecule has 0 fully saturated rings. The van der Waals surface area contributed by atoms with Gasteiger partial charge in [0.25, 0.3) is 5.91 Å². The Balaban J connectivity index is 2.26. The van der Waals surface area contributed by atoms with E-state index >= 15 is 0 Å². The normalized spacial score (nSPS) is 10.5. The van der Waals surface area contributed by atoms with Crippen LogP contribution >= 0.6 is 0 Å². The van der Waals surface area contributed by atoms with Gasteiger partial charge in [0, 0.05) is 6.07 Å². The lowest BCUT2D eigenvalue weighted by atomic mass is 10.00. The quantitative estimate of drug-likeness (QED) is 0.844. The Hall–Kier alpha value is -2.69. The zero-order valence-corrected chi connectivity index (χ0v) is 14.4. The van der Waals surface area contributed by atoms with Gasteiger partial charge in [-0.3, -0.25) is 4.79 Å². The zero-order chi connectivity index (χ0) is 17.7. The molecule has 0 bridgehead atoms. The molecule has 2 aromatic carbocycles. The fourth-order valence-corrected chi connectivity index (χ4v) is 2.45. The lowest BCUT2D eigenvalue weighted by Crippen LogP contribution is -2.13. The predicted molar refractivity (Wildman–Crippen MR) is 94.1 cm³/mol. The summed E-state index contributed by atoms with van der Waals surface area (Å²) >= 11 is 0. The second-order valence-corrected chi connectivity index (χ2v) is 5.97. The van der Waals surface area contributed by atoms with Crippen LogP contribution in [0.1, 0.15) is 29.8 Å². The number of hydrogen-bond acceptors (Lipinski definition) is 4. The fourth-order valence-electron chi connectivity index (χ4n) is 2.45. The van der Waals surface area contributed by atoms with Crippen molar-refractivity contribution >= 4 is 11.6 Å². The van der Waals surface area contributed by atoms with Gasteiger partial charge in [-0.05, 0) is 42.2 Å². The van der Waals surface area contributed by atoms with Crippen molar-refractivity contribution in [3.63, 3.8) is 0 Å². The largest absolute Gasteiger partial charge is 0.507 e. The third kappa shape index (κ3) is 4.19. The molecule has 2 N–H and O–H groups in total. The van der Waals surface area contributed by atoms with Crippen molar-refractivity contribution in [3.05, 3.63) is 47.5 Å². The molecule has 24 heavy (non-hydrogen) atoms. The summed E-state index contributed by atoms with van der Waals surface area (Å²) in [6.07, 6.45) is 0.840. The molecule has 0 saturated heterocycles. The predicted octanol–water partition coefficient (Wildman–Crippen LogP) is 3.86. The van der Waals surface area contributed by atoms with Gasteiger partial charge >= 0.3 is 0 Å². The molecule has 128 valence electrons. The zero-order valence-electron chi connectivity index (χ0n) is 14.4. The van der Waals surface area contributed by atoms with Crippen LogP contribution < -0.4 is 14.8 Å². The standard InChI is InChI=1S/C19H23NO4/c1-12(2)9-13-5-8-17(21)15(10-13)19(22)20-16-7-6-14(23-3)11-18(16)24-4/h5-8,10-12,21H,9H2,1-4H3,(H,20,22). The highest BCUT2D eigenvalue weighted by atomic mass is 16.5. The summed E-state index contributed by atoms with van der Waals surface area (Å²) in [5.74, 6) is 1.15. The average Bonchev–Trinajstić information content (AvgIpc) is 2.56. The number of methoxy groups -OCH3 is 2. The number of carbonyl (C=O) groups is 1. The molecule has 1 amide bonds. The Morgan fingerprint density at radius 2 is 1.88 bits per heavy atom. The number of hydrogen-bond donors (Lipinski definition) is 2. The van der Waals surface area contributed by atoms with Gasteiger partial charge in [0.15, 0.2) is 0 Å². The number of benzene rings is 2. The lowest BCUT2D eigenvalue weighted by Gasteiger charge is -2.13. The van der Waals surface area contributed by atoms with Crippen LogP contribution in [-0.2, 0) is 6.42 Å². The molecule has 0 spiro atoms. The Labute approximate surface area is 142 Å². The van der Waals surface area contributed by atoms with Crippen LogP contribution in [0.4, 0.5) is 5.69 Å². The van der Waals surface area contributed by atoms with Crippen LogP contribution in [-0.4, -0.2) is 25.2 Å².